The Balaban J connectivity index is 1.98. The van der Waals surface area contributed by atoms with Crippen molar-refractivity contribution < 1.29 is 19.4 Å². The van der Waals surface area contributed by atoms with Crippen molar-refractivity contribution in [1.82, 2.24) is 0 Å². The van der Waals surface area contributed by atoms with Crippen LogP contribution in [-0.4, -0.2) is 30.0 Å². The molecule has 0 fully saturated rings. The third kappa shape index (κ3) is 3.33. The van der Waals surface area contributed by atoms with Gasteiger partial charge < -0.3 is 14.7 Å². The first-order valence-corrected chi connectivity index (χ1v) is 7.78. The van der Waals surface area contributed by atoms with Gasteiger partial charge in [-0.3, -0.25) is 9.59 Å². The summed E-state index contributed by atoms with van der Waals surface area (Å²) in [5.74, 6) is -0.241. The molecule has 0 saturated heterocycles. The van der Waals surface area contributed by atoms with Crippen LogP contribution in [0.5, 0.6) is 5.75 Å². The van der Waals surface area contributed by atoms with E-state index in [1.54, 1.807) is 30.3 Å². The van der Waals surface area contributed by atoms with Crippen molar-refractivity contribution in [3.63, 3.8) is 0 Å². The molecule has 1 aliphatic rings. The highest BCUT2D eigenvalue weighted by Crippen LogP contribution is 2.35. The number of aliphatic hydroxyl groups excluding tert-OH is 1. The van der Waals surface area contributed by atoms with Crippen LogP contribution >= 0.6 is 11.6 Å². The van der Waals surface area contributed by atoms with Crippen LogP contribution in [0.4, 0.5) is 11.4 Å². The van der Waals surface area contributed by atoms with Gasteiger partial charge in [0.25, 0.3) is 5.91 Å². The van der Waals surface area contributed by atoms with E-state index in [0.717, 1.165) is 0 Å². The van der Waals surface area contributed by atoms with Gasteiger partial charge in [0, 0.05) is 10.6 Å². The molecule has 6 nitrogen and oxygen atoms in total. The predicted octanol–water partition coefficient (Wildman–Crippen LogP) is 2.99. The highest BCUT2D eigenvalue weighted by Gasteiger charge is 2.27. The number of carbonyl (C=O) groups is 2. The van der Waals surface area contributed by atoms with E-state index in [-0.39, 0.29) is 19.1 Å². The first kappa shape index (κ1) is 17.0. The Labute approximate surface area is 149 Å². The van der Waals surface area contributed by atoms with Crippen LogP contribution in [0.15, 0.2) is 36.4 Å². The number of fused-ring (bicyclic) bond motifs is 1. The van der Waals surface area contributed by atoms with E-state index in [1.807, 2.05) is 0 Å². The standard InChI is InChI=1S/C18H13ClN2O4/c1-20-13-4-2-12(14(19)7-13)8-21-15-6-11(16(23)9-22)3-5-17(15)25-10-18(21)24/h2-7,22H,8-10H2. The van der Waals surface area contributed by atoms with Crippen molar-refractivity contribution in [1.29, 1.82) is 0 Å². The minimum absolute atomic E-state index is 0.113. The predicted molar refractivity (Wildman–Crippen MR) is 92.3 cm³/mol. The number of ketones is 1. The van der Waals surface area contributed by atoms with E-state index in [0.29, 0.717) is 33.3 Å². The molecule has 1 amide bonds. The lowest BCUT2D eigenvalue weighted by molar-refractivity contribution is -0.121. The monoisotopic (exact) mass is 356 g/mol. The van der Waals surface area contributed by atoms with E-state index in [1.165, 1.54) is 11.0 Å². The summed E-state index contributed by atoms with van der Waals surface area (Å²) in [6.07, 6.45) is 0. The zero-order valence-corrected chi connectivity index (χ0v) is 13.8. The Morgan fingerprint density at radius 2 is 2.12 bits per heavy atom. The van der Waals surface area contributed by atoms with Gasteiger partial charge in [0.1, 0.15) is 12.4 Å². The molecule has 0 unspecified atom stereocenters. The Morgan fingerprint density at radius 3 is 2.80 bits per heavy atom. The number of hydrogen-bond acceptors (Lipinski definition) is 4. The number of benzene rings is 2. The number of amides is 1. The van der Waals surface area contributed by atoms with Gasteiger partial charge in [-0.05, 0) is 29.8 Å². The van der Waals surface area contributed by atoms with Crippen molar-refractivity contribution in [3.8, 4) is 5.75 Å². The molecule has 2 aromatic carbocycles. The SMILES string of the molecule is [C-]#[N+]c1ccc(CN2C(=O)COc3ccc(C(=O)CO)cc32)c(Cl)c1. The van der Waals surface area contributed by atoms with Crippen molar-refractivity contribution in [2.24, 2.45) is 0 Å². The summed E-state index contributed by atoms with van der Waals surface area (Å²) in [4.78, 5) is 28.8. The van der Waals surface area contributed by atoms with E-state index in [9.17, 15) is 9.59 Å². The lowest BCUT2D eigenvalue weighted by Gasteiger charge is -2.30. The number of anilines is 1. The zero-order chi connectivity index (χ0) is 18.0. The Kier molecular flexibility index (Phi) is 4.70. The number of aliphatic hydroxyl groups is 1. The first-order valence-electron chi connectivity index (χ1n) is 7.40. The van der Waals surface area contributed by atoms with Gasteiger partial charge in [-0.25, -0.2) is 4.85 Å². The molecule has 126 valence electrons. The number of carbonyl (C=O) groups excluding carboxylic acids is 2. The van der Waals surface area contributed by atoms with Gasteiger partial charge in [0.15, 0.2) is 18.1 Å². The first-order chi connectivity index (χ1) is 12.0. The van der Waals surface area contributed by atoms with Gasteiger partial charge in [-0.15, -0.1) is 0 Å². The molecular weight excluding hydrogens is 344 g/mol. The van der Waals surface area contributed by atoms with Crippen LogP contribution in [0.1, 0.15) is 15.9 Å². The van der Waals surface area contributed by atoms with Gasteiger partial charge >= 0.3 is 0 Å². The average molecular weight is 357 g/mol. The summed E-state index contributed by atoms with van der Waals surface area (Å²) < 4.78 is 5.40. The third-order valence-electron chi connectivity index (χ3n) is 3.86. The van der Waals surface area contributed by atoms with Crippen molar-refractivity contribution in [2.45, 2.75) is 6.54 Å². The normalized spacial score (nSPS) is 13.0. The number of halogens is 1. The summed E-state index contributed by atoms with van der Waals surface area (Å²) >= 11 is 6.21. The lowest BCUT2D eigenvalue weighted by atomic mass is 10.1. The number of ether oxygens (including phenoxy) is 1. The van der Waals surface area contributed by atoms with E-state index < -0.39 is 12.4 Å². The zero-order valence-electron chi connectivity index (χ0n) is 13.0. The molecule has 3 rings (SSSR count). The molecule has 1 heterocycles. The molecule has 7 heteroatoms. The second kappa shape index (κ2) is 6.93. The number of nitrogens with zero attached hydrogens (tertiary/aromatic N) is 2. The van der Waals surface area contributed by atoms with Crippen LogP contribution in [0.2, 0.25) is 5.02 Å². The second-order valence-corrected chi connectivity index (χ2v) is 5.83. The molecule has 25 heavy (non-hydrogen) atoms. The second-order valence-electron chi connectivity index (χ2n) is 5.42. The maximum Gasteiger partial charge on any atom is 0.265 e. The van der Waals surface area contributed by atoms with Gasteiger partial charge in [-0.2, -0.15) is 0 Å². The third-order valence-corrected chi connectivity index (χ3v) is 4.21. The molecule has 0 aliphatic carbocycles. The van der Waals surface area contributed by atoms with Gasteiger partial charge in [0.05, 0.1) is 18.8 Å². The largest absolute Gasteiger partial charge is 0.482 e. The Hall–Kier alpha value is -2.88. The highest BCUT2D eigenvalue weighted by molar-refractivity contribution is 6.31. The molecule has 0 radical (unpaired) electrons. The molecule has 0 saturated carbocycles. The summed E-state index contributed by atoms with van der Waals surface area (Å²) in [6, 6.07) is 9.53. The fourth-order valence-corrected chi connectivity index (χ4v) is 2.78. The van der Waals surface area contributed by atoms with Crippen LogP contribution in [0.25, 0.3) is 4.85 Å². The molecular formula is C18H13ClN2O4. The average Bonchev–Trinajstić information content (AvgIpc) is 2.64. The molecule has 0 bridgehead atoms. The lowest BCUT2D eigenvalue weighted by Crippen LogP contribution is -2.38. The number of hydrogen-bond donors (Lipinski definition) is 1. The molecule has 0 atom stereocenters. The van der Waals surface area contributed by atoms with E-state index in [2.05, 4.69) is 4.85 Å². The molecule has 1 N–H and O–H groups in total. The summed E-state index contributed by atoms with van der Waals surface area (Å²) in [7, 11) is 0. The minimum Gasteiger partial charge on any atom is -0.482 e. The fourth-order valence-electron chi connectivity index (χ4n) is 2.54. The maximum absolute atomic E-state index is 12.3. The summed E-state index contributed by atoms with van der Waals surface area (Å²) in [5, 5.41) is 9.41. The summed E-state index contributed by atoms with van der Waals surface area (Å²) in [5.41, 5.74) is 1.83. The van der Waals surface area contributed by atoms with Crippen LogP contribution in [0.3, 0.4) is 0 Å². The van der Waals surface area contributed by atoms with Crippen molar-refractivity contribution >= 4 is 34.7 Å². The Bertz CT molecular complexity index is 904. The van der Waals surface area contributed by atoms with Gasteiger partial charge in [-0.1, -0.05) is 23.7 Å². The van der Waals surface area contributed by atoms with Gasteiger partial charge in [0.2, 0.25) is 0 Å². The molecule has 0 aromatic heterocycles. The van der Waals surface area contributed by atoms with Crippen molar-refractivity contribution in [3.05, 3.63) is 64.0 Å². The van der Waals surface area contributed by atoms with E-state index >= 15 is 0 Å². The quantitative estimate of drug-likeness (QED) is 0.675. The number of Topliss-reactive ketones (excluding diaryl/α,β-unsaturated/α-hetero) is 1. The maximum atomic E-state index is 12.3. The fraction of sp³-hybridized carbons (Fsp3) is 0.167. The molecule has 1 aliphatic heterocycles. The topological polar surface area (TPSA) is 71.2 Å². The molecule has 2 aromatic rings. The van der Waals surface area contributed by atoms with Crippen LogP contribution in [0, 0.1) is 6.57 Å². The van der Waals surface area contributed by atoms with E-state index in [4.69, 9.17) is 28.0 Å². The molecule has 0 spiro atoms. The summed E-state index contributed by atoms with van der Waals surface area (Å²) in [6.45, 7) is 6.46. The van der Waals surface area contributed by atoms with Crippen LogP contribution < -0.4 is 9.64 Å². The minimum atomic E-state index is -0.614. The van der Waals surface area contributed by atoms with Crippen LogP contribution in [-0.2, 0) is 11.3 Å². The smallest absolute Gasteiger partial charge is 0.265 e. The number of rotatable bonds is 4. The highest BCUT2D eigenvalue weighted by atomic mass is 35.5. The van der Waals surface area contributed by atoms with Crippen molar-refractivity contribution in [2.75, 3.05) is 18.1 Å². The Morgan fingerprint density at radius 1 is 1.32 bits per heavy atom.